The average molecular weight is 243 g/mol. The predicted octanol–water partition coefficient (Wildman–Crippen LogP) is 1.01. The first-order chi connectivity index (χ1) is 7.58. The van der Waals surface area contributed by atoms with E-state index in [-0.39, 0.29) is 19.1 Å². The maximum Gasteiger partial charge on any atom is 0.239 e. The van der Waals surface area contributed by atoms with E-state index in [1.807, 2.05) is 0 Å². The summed E-state index contributed by atoms with van der Waals surface area (Å²) in [7, 11) is 3.38. The number of benzene rings is 1. The third-order valence-electron chi connectivity index (χ3n) is 2.27. The minimum Gasteiger partial charge on any atom is -0.392 e. The van der Waals surface area contributed by atoms with Gasteiger partial charge in [-0.1, -0.05) is 17.7 Å². The SMILES string of the molecule is CNC(=O)CN(C)c1ccc(CO)cc1Cl. The molecule has 0 unspecified atom stereocenters. The van der Waals surface area contributed by atoms with Crippen LogP contribution in [-0.2, 0) is 11.4 Å². The van der Waals surface area contributed by atoms with Gasteiger partial charge in [0.25, 0.3) is 0 Å². The Kier molecular flexibility index (Phi) is 4.58. The van der Waals surface area contributed by atoms with Crippen molar-refractivity contribution in [1.82, 2.24) is 5.32 Å². The van der Waals surface area contributed by atoms with E-state index in [1.165, 1.54) is 0 Å². The van der Waals surface area contributed by atoms with Gasteiger partial charge in [-0.3, -0.25) is 4.79 Å². The van der Waals surface area contributed by atoms with Gasteiger partial charge < -0.3 is 15.3 Å². The zero-order chi connectivity index (χ0) is 12.1. The van der Waals surface area contributed by atoms with Gasteiger partial charge in [-0.05, 0) is 17.7 Å². The Bertz CT molecular complexity index is 382. The molecule has 0 saturated carbocycles. The summed E-state index contributed by atoms with van der Waals surface area (Å²) in [5, 5.41) is 12.0. The van der Waals surface area contributed by atoms with Crippen LogP contribution in [0.3, 0.4) is 0 Å². The van der Waals surface area contributed by atoms with E-state index in [1.54, 1.807) is 37.2 Å². The van der Waals surface area contributed by atoms with Crippen molar-refractivity contribution in [2.24, 2.45) is 0 Å². The van der Waals surface area contributed by atoms with Gasteiger partial charge in [-0.25, -0.2) is 0 Å². The number of anilines is 1. The summed E-state index contributed by atoms with van der Waals surface area (Å²) in [5.74, 6) is -0.0789. The second kappa shape index (κ2) is 5.72. The lowest BCUT2D eigenvalue weighted by atomic mass is 10.2. The van der Waals surface area contributed by atoms with Crippen molar-refractivity contribution >= 4 is 23.2 Å². The van der Waals surface area contributed by atoms with Gasteiger partial charge in [0, 0.05) is 14.1 Å². The Morgan fingerprint density at radius 1 is 1.56 bits per heavy atom. The zero-order valence-electron chi connectivity index (χ0n) is 9.33. The summed E-state index contributed by atoms with van der Waals surface area (Å²) in [6.45, 7) is 0.202. The van der Waals surface area contributed by atoms with E-state index in [2.05, 4.69) is 5.32 Å². The molecule has 16 heavy (non-hydrogen) atoms. The zero-order valence-corrected chi connectivity index (χ0v) is 10.1. The van der Waals surface area contributed by atoms with Crippen LogP contribution >= 0.6 is 11.6 Å². The summed E-state index contributed by atoms with van der Waals surface area (Å²) >= 11 is 6.05. The number of aliphatic hydroxyl groups is 1. The van der Waals surface area contributed by atoms with Crippen LogP contribution in [0.15, 0.2) is 18.2 Å². The largest absolute Gasteiger partial charge is 0.392 e. The van der Waals surface area contributed by atoms with Crippen molar-refractivity contribution < 1.29 is 9.90 Å². The van der Waals surface area contributed by atoms with Crippen LogP contribution in [0.2, 0.25) is 5.02 Å². The van der Waals surface area contributed by atoms with Crippen molar-refractivity contribution in [3.8, 4) is 0 Å². The quantitative estimate of drug-likeness (QED) is 0.829. The number of likely N-dealkylation sites (N-methyl/N-ethyl adjacent to an activating group) is 2. The predicted molar refractivity (Wildman–Crippen MR) is 64.7 cm³/mol. The highest BCUT2D eigenvalue weighted by Gasteiger charge is 2.09. The molecule has 0 saturated heterocycles. The van der Waals surface area contributed by atoms with Gasteiger partial charge in [-0.15, -0.1) is 0 Å². The van der Waals surface area contributed by atoms with Gasteiger partial charge in [0.15, 0.2) is 0 Å². The van der Waals surface area contributed by atoms with Crippen molar-refractivity contribution in [3.05, 3.63) is 28.8 Å². The molecule has 0 fully saturated rings. The molecule has 1 amide bonds. The first kappa shape index (κ1) is 12.8. The Morgan fingerprint density at radius 3 is 2.75 bits per heavy atom. The molecule has 1 aromatic rings. The van der Waals surface area contributed by atoms with Crippen molar-refractivity contribution in [1.29, 1.82) is 0 Å². The number of nitrogens with one attached hydrogen (secondary N) is 1. The van der Waals surface area contributed by atoms with E-state index in [4.69, 9.17) is 16.7 Å². The summed E-state index contributed by atoms with van der Waals surface area (Å²) in [4.78, 5) is 12.9. The molecule has 2 N–H and O–H groups in total. The Hall–Kier alpha value is -1.26. The molecule has 4 nitrogen and oxygen atoms in total. The molecule has 0 aliphatic carbocycles. The molecule has 5 heteroatoms. The third-order valence-corrected chi connectivity index (χ3v) is 2.57. The first-order valence-electron chi connectivity index (χ1n) is 4.89. The highest BCUT2D eigenvalue weighted by molar-refractivity contribution is 6.33. The number of hydrogen-bond acceptors (Lipinski definition) is 3. The van der Waals surface area contributed by atoms with E-state index in [0.717, 1.165) is 11.3 Å². The lowest BCUT2D eigenvalue weighted by Gasteiger charge is -2.19. The normalized spacial score (nSPS) is 10.0. The number of hydrogen-bond donors (Lipinski definition) is 2. The van der Waals surface area contributed by atoms with Crippen LogP contribution in [-0.4, -0.2) is 31.7 Å². The van der Waals surface area contributed by atoms with Crippen LogP contribution in [0.25, 0.3) is 0 Å². The van der Waals surface area contributed by atoms with Crippen LogP contribution in [0.4, 0.5) is 5.69 Å². The second-order valence-electron chi connectivity index (χ2n) is 3.47. The highest BCUT2D eigenvalue weighted by Crippen LogP contribution is 2.25. The molecular formula is C11H15ClN2O2. The van der Waals surface area contributed by atoms with E-state index < -0.39 is 0 Å². The number of carbonyl (C=O) groups excluding carboxylic acids is 1. The highest BCUT2D eigenvalue weighted by atomic mass is 35.5. The number of carbonyl (C=O) groups is 1. The fourth-order valence-corrected chi connectivity index (χ4v) is 1.69. The van der Waals surface area contributed by atoms with E-state index >= 15 is 0 Å². The number of aliphatic hydroxyl groups excluding tert-OH is 1. The molecule has 0 heterocycles. The third kappa shape index (κ3) is 3.12. The summed E-state index contributed by atoms with van der Waals surface area (Å²) in [5.41, 5.74) is 1.52. The Labute approximate surface area is 99.8 Å². The van der Waals surface area contributed by atoms with Gasteiger partial charge in [0.05, 0.1) is 23.9 Å². The van der Waals surface area contributed by atoms with E-state index in [9.17, 15) is 4.79 Å². The Balaban J connectivity index is 2.83. The molecule has 0 atom stereocenters. The molecule has 0 bridgehead atoms. The molecular weight excluding hydrogens is 228 g/mol. The van der Waals surface area contributed by atoms with E-state index in [0.29, 0.717) is 5.02 Å². The molecule has 0 radical (unpaired) electrons. The smallest absolute Gasteiger partial charge is 0.239 e. The Morgan fingerprint density at radius 2 is 2.25 bits per heavy atom. The van der Waals surface area contributed by atoms with Crippen LogP contribution in [0, 0.1) is 0 Å². The molecule has 0 aliphatic rings. The fourth-order valence-electron chi connectivity index (χ4n) is 1.34. The van der Waals surface area contributed by atoms with Crippen LogP contribution < -0.4 is 10.2 Å². The lowest BCUT2D eigenvalue weighted by molar-refractivity contribution is -0.119. The monoisotopic (exact) mass is 242 g/mol. The summed E-state index contributed by atoms with van der Waals surface area (Å²) < 4.78 is 0. The molecule has 0 aromatic heterocycles. The summed E-state index contributed by atoms with van der Waals surface area (Å²) in [6.07, 6.45) is 0. The first-order valence-corrected chi connectivity index (χ1v) is 5.27. The number of halogens is 1. The number of nitrogens with zero attached hydrogens (tertiary/aromatic N) is 1. The van der Waals surface area contributed by atoms with Gasteiger partial charge in [0.1, 0.15) is 0 Å². The molecule has 1 rings (SSSR count). The molecule has 0 spiro atoms. The molecule has 0 aliphatic heterocycles. The molecule has 88 valence electrons. The summed E-state index contributed by atoms with van der Waals surface area (Å²) in [6, 6.07) is 5.26. The number of rotatable bonds is 4. The topological polar surface area (TPSA) is 52.6 Å². The minimum atomic E-state index is -0.0789. The maximum absolute atomic E-state index is 11.2. The van der Waals surface area contributed by atoms with Crippen LogP contribution in [0.5, 0.6) is 0 Å². The van der Waals surface area contributed by atoms with Crippen molar-refractivity contribution in [2.45, 2.75) is 6.61 Å². The van der Waals surface area contributed by atoms with Gasteiger partial charge in [-0.2, -0.15) is 0 Å². The second-order valence-corrected chi connectivity index (χ2v) is 3.88. The minimum absolute atomic E-state index is 0.0425. The van der Waals surface area contributed by atoms with Crippen molar-refractivity contribution in [2.75, 3.05) is 25.5 Å². The van der Waals surface area contributed by atoms with Gasteiger partial charge in [0.2, 0.25) is 5.91 Å². The standard InChI is InChI=1S/C11H15ClN2O2/c1-13-11(16)6-14(2)10-4-3-8(7-15)5-9(10)12/h3-5,15H,6-7H2,1-2H3,(H,13,16). The van der Waals surface area contributed by atoms with Crippen molar-refractivity contribution in [3.63, 3.8) is 0 Å². The average Bonchev–Trinajstić information content (AvgIpc) is 2.28. The lowest BCUT2D eigenvalue weighted by Crippen LogP contribution is -2.33. The molecule has 1 aromatic carbocycles. The van der Waals surface area contributed by atoms with Crippen LogP contribution in [0.1, 0.15) is 5.56 Å². The van der Waals surface area contributed by atoms with Gasteiger partial charge >= 0.3 is 0 Å². The fraction of sp³-hybridized carbons (Fsp3) is 0.364. The maximum atomic E-state index is 11.2. The number of amides is 1.